The number of phenolic OH excluding ortho intramolecular Hbond substituents is 2. The Balaban J connectivity index is 1.15. The zero-order valence-corrected chi connectivity index (χ0v) is 25.1. The molecule has 16 nitrogen and oxygen atoms in total. The first-order valence-corrected chi connectivity index (χ1v) is 15.9. The second-order valence-electron chi connectivity index (χ2n) is 10.0. The molecule has 1 aromatic carbocycles. The lowest BCUT2D eigenvalue weighted by Gasteiger charge is -2.49. The van der Waals surface area contributed by atoms with Crippen molar-refractivity contribution in [3.63, 3.8) is 0 Å². The van der Waals surface area contributed by atoms with Crippen molar-refractivity contribution in [1.82, 2.24) is 20.2 Å². The second kappa shape index (κ2) is 11.6. The maximum absolute atomic E-state index is 13.3. The normalized spacial score (nSPS) is 20.3. The van der Waals surface area contributed by atoms with Crippen LogP contribution in [0.5, 0.6) is 11.5 Å². The molecule has 2 atom stereocenters. The zero-order chi connectivity index (χ0) is 32.0. The van der Waals surface area contributed by atoms with E-state index >= 15 is 0 Å². The van der Waals surface area contributed by atoms with Gasteiger partial charge in [-0.25, -0.2) is 19.6 Å². The molecule has 0 bridgehead atoms. The highest BCUT2D eigenvalue weighted by Crippen LogP contribution is 2.42. The van der Waals surface area contributed by atoms with Gasteiger partial charge in [0.15, 0.2) is 28.1 Å². The molecule has 2 aliphatic heterocycles. The Morgan fingerprint density at radius 1 is 1.24 bits per heavy atom. The summed E-state index contributed by atoms with van der Waals surface area (Å²) in [4.78, 5) is 64.8. The Kier molecular flexibility index (Phi) is 7.83. The number of nitrogens with zero attached hydrogens (tertiary/aromatic N) is 4. The van der Waals surface area contributed by atoms with E-state index in [2.05, 4.69) is 20.4 Å². The van der Waals surface area contributed by atoms with Crippen molar-refractivity contribution in [1.29, 1.82) is 0 Å². The summed E-state index contributed by atoms with van der Waals surface area (Å²) in [7, 11) is 0. The summed E-state index contributed by atoms with van der Waals surface area (Å²) in [5.41, 5.74) is 4.51. The van der Waals surface area contributed by atoms with E-state index in [0.717, 1.165) is 28.0 Å². The van der Waals surface area contributed by atoms with Crippen LogP contribution < -0.4 is 11.1 Å². The number of rotatable bonds is 11. The lowest BCUT2D eigenvalue weighted by atomic mass is 10.0. The Bertz CT molecular complexity index is 1800. The summed E-state index contributed by atoms with van der Waals surface area (Å²) in [6, 6.07) is 3.05. The number of hydrogen-bond donors (Lipinski definition) is 6. The smallest absolute Gasteiger partial charge is 0.352 e. The van der Waals surface area contributed by atoms with Gasteiger partial charge in [-0.15, -0.1) is 23.1 Å². The van der Waals surface area contributed by atoms with Crippen LogP contribution in [0.1, 0.15) is 18.5 Å². The van der Waals surface area contributed by atoms with Gasteiger partial charge in [-0.3, -0.25) is 14.5 Å². The topological polar surface area (TPSA) is 251 Å². The average Bonchev–Trinajstić information content (AvgIpc) is 3.45. The number of hydrogen-bond acceptors (Lipinski definition) is 15. The monoisotopic (exact) mass is 674 g/mol. The lowest BCUT2D eigenvalue weighted by Crippen LogP contribution is -2.71. The SMILES string of the molecule is Nc1nc(C(=NOC2(C(=O)O)CC2)C(=O)N[C@@H]2C(=O)N3C(C(=O)O)=C(CSc4ncc(-c5ccc(O)c(O)c5)o4)CS[C@H]23)cs1. The van der Waals surface area contributed by atoms with Crippen LogP contribution in [0.2, 0.25) is 0 Å². The predicted octanol–water partition coefficient (Wildman–Crippen LogP) is 1.66. The number of oxime groups is 1. The molecule has 0 spiro atoms. The van der Waals surface area contributed by atoms with Gasteiger partial charge >= 0.3 is 11.9 Å². The summed E-state index contributed by atoms with van der Waals surface area (Å²) in [5, 5.41) is 46.0. The van der Waals surface area contributed by atoms with Crippen molar-refractivity contribution in [2.24, 2.45) is 5.16 Å². The third-order valence-corrected chi connectivity index (χ3v) is 9.98. The lowest BCUT2D eigenvalue weighted by molar-refractivity contribution is -0.153. The van der Waals surface area contributed by atoms with E-state index in [0.29, 0.717) is 16.9 Å². The van der Waals surface area contributed by atoms with Crippen LogP contribution in [0.4, 0.5) is 5.13 Å². The molecule has 7 N–H and O–H groups in total. The summed E-state index contributed by atoms with van der Waals surface area (Å²) < 4.78 is 5.70. The zero-order valence-electron chi connectivity index (χ0n) is 22.7. The van der Waals surface area contributed by atoms with Crippen molar-refractivity contribution in [3.05, 3.63) is 46.7 Å². The summed E-state index contributed by atoms with van der Waals surface area (Å²) in [5.74, 6) is -4.02. The van der Waals surface area contributed by atoms with Crippen molar-refractivity contribution >= 4 is 69.5 Å². The quantitative estimate of drug-likeness (QED) is 0.0556. The van der Waals surface area contributed by atoms with Gasteiger partial charge in [0.1, 0.15) is 22.8 Å². The van der Waals surface area contributed by atoms with Crippen LogP contribution in [0, 0.1) is 0 Å². The number of amides is 2. The molecular weight excluding hydrogens is 653 g/mol. The van der Waals surface area contributed by atoms with Crippen molar-refractivity contribution in [3.8, 4) is 22.8 Å². The minimum Gasteiger partial charge on any atom is -0.504 e. The Labute approximate surface area is 265 Å². The van der Waals surface area contributed by atoms with Crippen LogP contribution in [-0.2, 0) is 24.0 Å². The van der Waals surface area contributed by atoms with Crippen LogP contribution in [0.15, 0.2) is 55.8 Å². The number of fused-ring (bicyclic) bond motifs is 1. The van der Waals surface area contributed by atoms with Gasteiger partial charge in [0.25, 0.3) is 17.0 Å². The van der Waals surface area contributed by atoms with E-state index in [1.807, 2.05) is 0 Å². The highest BCUT2D eigenvalue weighted by atomic mass is 32.2. The number of thiazole rings is 1. The number of carboxylic acids is 2. The van der Waals surface area contributed by atoms with Crippen molar-refractivity contribution in [2.75, 3.05) is 17.2 Å². The standard InChI is InChI=1S/C26H22N6O10S3/c27-24-29-12(9-44-24)16(31-42-26(3-4-26)23(39)40)19(35)30-17-20(36)32-18(22(37)38)11(7-43-21(17)32)8-45-25-28-6-15(41-25)10-1-2-13(33)14(34)5-10/h1-2,5-6,9,17,21,33-34H,3-4,7-8H2,(H2,27,29)(H,30,35)(H,37,38)(H,39,40)/t17-,21-/m1/s1. The fourth-order valence-electron chi connectivity index (χ4n) is 4.48. The number of nitrogen functional groups attached to an aromatic ring is 1. The third kappa shape index (κ3) is 5.76. The molecule has 1 saturated carbocycles. The molecular formula is C26H22N6O10S3. The number of anilines is 1. The molecule has 6 rings (SSSR count). The fourth-order valence-corrected chi connectivity index (χ4v) is 7.31. The Morgan fingerprint density at radius 2 is 2.02 bits per heavy atom. The van der Waals surface area contributed by atoms with E-state index in [4.69, 9.17) is 15.0 Å². The number of nitrogens with one attached hydrogen (secondary N) is 1. The van der Waals surface area contributed by atoms with Gasteiger partial charge in [0, 0.05) is 35.3 Å². The minimum absolute atomic E-state index is 0.0263. The van der Waals surface area contributed by atoms with Gasteiger partial charge < -0.3 is 40.7 Å². The van der Waals surface area contributed by atoms with Gasteiger partial charge in [0.05, 0.1) is 6.20 Å². The molecule has 4 heterocycles. The number of aromatic nitrogens is 2. The maximum Gasteiger partial charge on any atom is 0.352 e. The Hall–Kier alpha value is -4.75. The average molecular weight is 675 g/mol. The number of carbonyl (C=O) groups excluding carboxylic acids is 2. The summed E-state index contributed by atoms with van der Waals surface area (Å²) >= 11 is 3.38. The number of benzene rings is 1. The number of nitrogens with two attached hydrogens (primary N) is 1. The maximum atomic E-state index is 13.3. The number of carboxylic acid groups (broad SMARTS) is 2. The van der Waals surface area contributed by atoms with Crippen LogP contribution in [0.3, 0.4) is 0 Å². The number of thioether (sulfide) groups is 2. The summed E-state index contributed by atoms with van der Waals surface area (Å²) in [6.07, 6.45) is 1.84. The van der Waals surface area contributed by atoms with Crippen molar-refractivity contribution in [2.45, 2.75) is 35.1 Å². The molecule has 234 valence electrons. The van der Waals surface area contributed by atoms with Crippen molar-refractivity contribution < 1.29 is 48.9 Å². The molecule has 0 radical (unpaired) electrons. The van der Waals surface area contributed by atoms with E-state index in [1.54, 1.807) is 0 Å². The number of aromatic hydroxyl groups is 2. The molecule has 0 unspecified atom stereocenters. The first kappa shape index (κ1) is 30.3. The van der Waals surface area contributed by atoms with Gasteiger partial charge in [-0.05, 0) is 23.8 Å². The van der Waals surface area contributed by atoms with Gasteiger partial charge in [-0.2, -0.15) is 0 Å². The van der Waals surface area contributed by atoms with Gasteiger partial charge in [-0.1, -0.05) is 16.9 Å². The molecule has 1 saturated heterocycles. The van der Waals surface area contributed by atoms with Crippen LogP contribution >= 0.6 is 34.9 Å². The first-order valence-electron chi connectivity index (χ1n) is 13.0. The number of oxazole rings is 1. The molecule has 45 heavy (non-hydrogen) atoms. The van der Waals surface area contributed by atoms with E-state index in [-0.39, 0.29) is 63.3 Å². The van der Waals surface area contributed by atoms with E-state index < -0.39 is 40.8 Å². The first-order chi connectivity index (χ1) is 21.5. The van der Waals surface area contributed by atoms with Crippen LogP contribution in [-0.4, -0.2) is 93.3 Å². The van der Waals surface area contributed by atoms with E-state index in [9.17, 15) is 39.6 Å². The van der Waals surface area contributed by atoms with E-state index in [1.165, 1.54) is 41.5 Å². The molecule has 2 amide bonds. The molecule has 19 heteroatoms. The molecule has 1 aliphatic carbocycles. The number of aliphatic carboxylic acids is 2. The number of phenols is 2. The third-order valence-electron chi connectivity index (χ3n) is 7.04. The number of carbonyl (C=O) groups is 4. The van der Waals surface area contributed by atoms with Crippen LogP contribution in [0.25, 0.3) is 11.3 Å². The minimum atomic E-state index is -1.54. The number of β-lactam (4-membered cyclic amide) rings is 1. The van der Waals surface area contributed by atoms with Gasteiger partial charge in [0.2, 0.25) is 5.60 Å². The predicted molar refractivity (Wildman–Crippen MR) is 159 cm³/mol. The Morgan fingerprint density at radius 3 is 2.67 bits per heavy atom. The molecule has 3 aliphatic rings. The highest BCUT2D eigenvalue weighted by Gasteiger charge is 2.56. The molecule has 3 aromatic rings. The molecule has 2 fully saturated rings. The fraction of sp³-hybridized carbons (Fsp3) is 0.269. The molecule has 2 aromatic heterocycles. The second-order valence-corrected chi connectivity index (χ2v) is 12.9. The highest BCUT2D eigenvalue weighted by molar-refractivity contribution is 8.01. The summed E-state index contributed by atoms with van der Waals surface area (Å²) in [6.45, 7) is 0. The largest absolute Gasteiger partial charge is 0.504 e.